The van der Waals surface area contributed by atoms with Crippen LogP contribution in [-0.4, -0.2) is 23.0 Å². The first kappa shape index (κ1) is 13.1. The second-order valence-corrected chi connectivity index (χ2v) is 6.78. The molecule has 1 rings (SSSR count). The Balaban J connectivity index is 2.47. The summed E-state index contributed by atoms with van der Waals surface area (Å²) in [6.07, 6.45) is 1.18. The van der Waals surface area contributed by atoms with E-state index in [1.165, 1.54) is 10.6 Å². The van der Waals surface area contributed by atoms with Crippen LogP contribution >= 0.6 is 34.9 Å². The van der Waals surface area contributed by atoms with Gasteiger partial charge in [0.2, 0.25) is 0 Å². The minimum Gasteiger partial charge on any atom is -0.292 e. The van der Waals surface area contributed by atoms with Gasteiger partial charge in [-0.2, -0.15) is 11.8 Å². The third-order valence-electron chi connectivity index (χ3n) is 1.74. The van der Waals surface area contributed by atoms with Crippen molar-refractivity contribution in [3.8, 4) is 0 Å². The lowest BCUT2D eigenvalue weighted by Crippen LogP contribution is -1.99. The van der Waals surface area contributed by atoms with E-state index in [2.05, 4.69) is 19.9 Å². The predicted octanol–water partition coefficient (Wildman–Crippen LogP) is 4.19. The van der Waals surface area contributed by atoms with E-state index in [0.717, 1.165) is 16.4 Å². The maximum absolute atomic E-state index is 11.7. The molecule has 1 aromatic rings. The van der Waals surface area contributed by atoms with Gasteiger partial charge in [-0.3, -0.25) is 4.79 Å². The Morgan fingerprint density at radius 2 is 2.20 bits per heavy atom. The average molecular weight is 260 g/mol. The lowest BCUT2D eigenvalue weighted by Gasteiger charge is -1.95. The highest BCUT2D eigenvalue weighted by Crippen LogP contribution is 2.28. The standard InChI is InChI=1S/C11H16OS3/c1-3-7-14-11-6-5-10(15-11)9(12)8-13-4-2/h5-6H,3-4,7-8H2,1-2H3. The SMILES string of the molecule is CCCSc1ccc(C(=O)CSCC)s1. The van der Waals surface area contributed by atoms with Gasteiger partial charge in [-0.15, -0.1) is 23.1 Å². The smallest absolute Gasteiger partial charge is 0.182 e. The number of hydrogen-bond acceptors (Lipinski definition) is 4. The van der Waals surface area contributed by atoms with Crippen molar-refractivity contribution in [1.82, 2.24) is 0 Å². The third kappa shape index (κ3) is 4.62. The van der Waals surface area contributed by atoms with Crippen LogP contribution in [0.4, 0.5) is 0 Å². The molecule has 0 radical (unpaired) electrons. The van der Waals surface area contributed by atoms with Gasteiger partial charge in [0.15, 0.2) is 5.78 Å². The molecule has 0 unspecified atom stereocenters. The molecule has 0 atom stereocenters. The van der Waals surface area contributed by atoms with Gasteiger partial charge in [-0.05, 0) is 30.1 Å². The number of thiophene rings is 1. The van der Waals surface area contributed by atoms with E-state index in [4.69, 9.17) is 0 Å². The highest BCUT2D eigenvalue weighted by molar-refractivity contribution is 8.01. The van der Waals surface area contributed by atoms with Crippen molar-refractivity contribution in [1.29, 1.82) is 0 Å². The van der Waals surface area contributed by atoms with E-state index in [0.29, 0.717) is 5.75 Å². The van der Waals surface area contributed by atoms with E-state index in [-0.39, 0.29) is 5.78 Å². The summed E-state index contributed by atoms with van der Waals surface area (Å²) in [5.74, 6) is 3.04. The molecule has 0 aromatic carbocycles. The fourth-order valence-electron chi connectivity index (χ4n) is 1.02. The van der Waals surface area contributed by atoms with Crippen LogP contribution in [0.2, 0.25) is 0 Å². The number of thioether (sulfide) groups is 2. The molecule has 84 valence electrons. The van der Waals surface area contributed by atoms with Crippen molar-refractivity contribution in [2.75, 3.05) is 17.3 Å². The van der Waals surface area contributed by atoms with E-state index in [9.17, 15) is 4.79 Å². The summed E-state index contributed by atoms with van der Waals surface area (Å²) in [5.41, 5.74) is 0. The Morgan fingerprint density at radius 1 is 1.40 bits per heavy atom. The van der Waals surface area contributed by atoms with Crippen molar-refractivity contribution in [3.63, 3.8) is 0 Å². The fourth-order valence-corrected chi connectivity index (χ4v) is 3.65. The molecule has 0 saturated heterocycles. The first-order valence-electron chi connectivity index (χ1n) is 5.11. The van der Waals surface area contributed by atoms with Crippen LogP contribution in [0.3, 0.4) is 0 Å². The minimum absolute atomic E-state index is 0.273. The Hall–Kier alpha value is 0.0700. The van der Waals surface area contributed by atoms with Crippen molar-refractivity contribution in [2.24, 2.45) is 0 Å². The Labute approximate surface area is 104 Å². The molecule has 1 nitrogen and oxygen atoms in total. The zero-order valence-corrected chi connectivity index (χ0v) is 11.6. The molecule has 0 aliphatic rings. The normalized spacial score (nSPS) is 10.5. The summed E-state index contributed by atoms with van der Waals surface area (Å²) >= 11 is 5.16. The van der Waals surface area contributed by atoms with Crippen LogP contribution < -0.4 is 0 Å². The number of rotatable bonds is 7. The highest BCUT2D eigenvalue weighted by atomic mass is 32.2. The van der Waals surface area contributed by atoms with Crippen LogP contribution in [-0.2, 0) is 0 Å². The molecule has 15 heavy (non-hydrogen) atoms. The van der Waals surface area contributed by atoms with Crippen LogP contribution in [0.1, 0.15) is 29.9 Å². The van der Waals surface area contributed by atoms with Crippen molar-refractivity contribution in [2.45, 2.75) is 24.5 Å². The maximum atomic E-state index is 11.7. The van der Waals surface area contributed by atoms with Gasteiger partial charge in [-0.1, -0.05) is 13.8 Å². The molecule has 1 aromatic heterocycles. The minimum atomic E-state index is 0.273. The molecule has 0 aliphatic carbocycles. The first-order valence-corrected chi connectivity index (χ1v) is 8.07. The fraction of sp³-hybridized carbons (Fsp3) is 0.545. The topological polar surface area (TPSA) is 17.1 Å². The monoisotopic (exact) mass is 260 g/mol. The summed E-state index contributed by atoms with van der Waals surface area (Å²) < 4.78 is 1.27. The zero-order chi connectivity index (χ0) is 11.1. The van der Waals surface area contributed by atoms with Crippen molar-refractivity contribution in [3.05, 3.63) is 17.0 Å². The summed E-state index contributed by atoms with van der Waals surface area (Å²) in [7, 11) is 0. The number of carbonyl (C=O) groups is 1. The predicted molar refractivity (Wildman–Crippen MR) is 72.7 cm³/mol. The van der Waals surface area contributed by atoms with Gasteiger partial charge in [0.25, 0.3) is 0 Å². The van der Waals surface area contributed by atoms with E-state index < -0.39 is 0 Å². The third-order valence-corrected chi connectivity index (χ3v) is 5.17. The van der Waals surface area contributed by atoms with Gasteiger partial charge in [-0.25, -0.2) is 0 Å². The van der Waals surface area contributed by atoms with Gasteiger partial charge in [0.1, 0.15) is 0 Å². The van der Waals surface area contributed by atoms with Gasteiger partial charge >= 0.3 is 0 Å². The Bertz CT molecular complexity index is 307. The molecule has 0 fully saturated rings. The highest BCUT2D eigenvalue weighted by Gasteiger charge is 2.08. The number of Topliss-reactive ketones (excluding diaryl/α,β-unsaturated/α-hetero) is 1. The zero-order valence-electron chi connectivity index (χ0n) is 9.12. The molecule has 1 heterocycles. The first-order chi connectivity index (χ1) is 7.27. The Kier molecular flexibility index (Phi) is 6.45. The average Bonchev–Trinajstić information content (AvgIpc) is 2.71. The van der Waals surface area contributed by atoms with Crippen molar-refractivity contribution < 1.29 is 4.79 Å². The molecular weight excluding hydrogens is 244 g/mol. The van der Waals surface area contributed by atoms with Gasteiger partial charge in [0.05, 0.1) is 14.8 Å². The molecular formula is C11H16OS3. The maximum Gasteiger partial charge on any atom is 0.182 e. The molecule has 4 heteroatoms. The second-order valence-electron chi connectivity index (χ2n) is 3.03. The summed E-state index contributed by atoms with van der Waals surface area (Å²) in [6, 6.07) is 4.02. The van der Waals surface area contributed by atoms with E-state index in [1.807, 2.05) is 17.8 Å². The number of ketones is 1. The lowest BCUT2D eigenvalue weighted by molar-refractivity contribution is 0.102. The number of carbonyl (C=O) groups excluding carboxylic acids is 1. The van der Waals surface area contributed by atoms with Crippen molar-refractivity contribution >= 4 is 40.6 Å². The number of hydrogen-bond donors (Lipinski definition) is 0. The van der Waals surface area contributed by atoms with Gasteiger partial charge < -0.3 is 0 Å². The Morgan fingerprint density at radius 3 is 2.87 bits per heavy atom. The molecule has 0 amide bonds. The van der Waals surface area contributed by atoms with E-state index in [1.54, 1.807) is 23.1 Å². The second kappa shape index (κ2) is 7.36. The summed E-state index contributed by atoms with van der Waals surface area (Å²) in [6.45, 7) is 4.25. The van der Waals surface area contributed by atoms with Gasteiger partial charge in [0, 0.05) is 0 Å². The molecule has 0 aliphatic heterocycles. The quantitative estimate of drug-likeness (QED) is 0.540. The largest absolute Gasteiger partial charge is 0.292 e. The molecule has 0 N–H and O–H groups in total. The summed E-state index contributed by atoms with van der Waals surface area (Å²) in [4.78, 5) is 12.6. The molecule has 0 saturated carbocycles. The van der Waals surface area contributed by atoms with Crippen LogP contribution in [0.5, 0.6) is 0 Å². The van der Waals surface area contributed by atoms with E-state index >= 15 is 0 Å². The molecule has 0 bridgehead atoms. The van der Waals surface area contributed by atoms with Crippen LogP contribution in [0, 0.1) is 0 Å². The van der Waals surface area contributed by atoms with Crippen LogP contribution in [0.15, 0.2) is 16.3 Å². The summed E-state index contributed by atoms with van der Waals surface area (Å²) in [5, 5.41) is 0. The lowest BCUT2D eigenvalue weighted by atomic mass is 10.4. The van der Waals surface area contributed by atoms with Crippen LogP contribution in [0.25, 0.3) is 0 Å². The molecule has 0 spiro atoms.